The zero-order valence-electron chi connectivity index (χ0n) is 10.1. The van der Waals surface area contributed by atoms with E-state index in [1.165, 1.54) is 0 Å². The molecule has 5 heteroatoms. The number of aryl methyl sites for hydroxylation is 1. The Labute approximate surface area is 105 Å². The van der Waals surface area contributed by atoms with Crippen LogP contribution in [0.2, 0.25) is 5.02 Å². The van der Waals surface area contributed by atoms with Gasteiger partial charge in [0.2, 0.25) is 0 Å². The molecular formula is C12H15ClN4. The molecule has 4 nitrogen and oxygen atoms in total. The fraction of sp³-hybridized carbons (Fsp3) is 0.333. The number of halogens is 1. The van der Waals surface area contributed by atoms with Crippen LogP contribution in [-0.4, -0.2) is 14.8 Å². The first-order valence-corrected chi connectivity index (χ1v) is 5.83. The first-order valence-electron chi connectivity index (χ1n) is 5.45. The third-order valence-electron chi connectivity index (χ3n) is 2.55. The van der Waals surface area contributed by atoms with E-state index in [2.05, 4.69) is 23.9 Å². The molecule has 0 saturated carbocycles. The molecule has 2 N–H and O–H groups in total. The number of benzene rings is 1. The molecule has 0 atom stereocenters. The smallest absolute Gasteiger partial charge is 0.158 e. The maximum Gasteiger partial charge on any atom is 0.158 e. The summed E-state index contributed by atoms with van der Waals surface area (Å²) in [7, 11) is 1.87. The minimum atomic E-state index is 0.305. The Balaban J connectivity index is 2.49. The lowest BCUT2D eigenvalue weighted by Gasteiger charge is -2.02. The van der Waals surface area contributed by atoms with Crippen LogP contribution in [0.5, 0.6) is 0 Å². The summed E-state index contributed by atoms with van der Waals surface area (Å²) in [5.41, 5.74) is 7.18. The van der Waals surface area contributed by atoms with Crippen molar-refractivity contribution < 1.29 is 0 Å². The Morgan fingerprint density at radius 2 is 2.06 bits per heavy atom. The van der Waals surface area contributed by atoms with Crippen molar-refractivity contribution in [3.8, 4) is 11.4 Å². The molecule has 17 heavy (non-hydrogen) atoms. The molecule has 90 valence electrons. The summed E-state index contributed by atoms with van der Waals surface area (Å²) in [4.78, 5) is 4.50. The van der Waals surface area contributed by atoms with Crippen LogP contribution in [-0.2, 0) is 7.05 Å². The second-order valence-electron chi connectivity index (χ2n) is 4.31. The highest BCUT2D eigenvalue weighted by molar-refractivity contribution is 6.33. The van der Waals surface area contributed by atoms with Crippen LogP contribution in [0.3, 0.4) is 0 Å². The average molecular weight is 251 g/mol. The number of hydrogen-bond acceptors (Lipinski definition) is 3. The van der Waals surface area contributed by atoms with Crippen molar-refractivity contribution in [3.05, 3.63) is 29.0 Å². The van der Waals surface area contributed by atoms with Crippen LogP contribution < -0.4 is 5.73 Å². The third kappa shape index (κ3) is 2.26. The van der Waals surface area contributed by atoms with E-state index in [-0.39, 0.29) is 0 Å². The van der Waals surface area contributed by atoms with E-state index in [9.17, 15) is 0 Å². The lowest BCUT2D eigenvalue weighted by atomic mass is 10.2. The van der Waals surface area contributed by atoms with Gasteiger partial charge < -0.3 is 5.73 Å². The minimum Gasteiger partial charge on any atom is -0.398 e. The monoisotopic (exact) mass is 250 g/mol. The van der Waals surface area contributed by atoms with Gasteiger partial charge in [-0.3, -0.25) is 0 Å². The van der Waals surface area contributed by atoms with Crippen molar-refractivity contribution in [1.82, 2.24) is 14.8 Å². The summed E-state index contributed by atoms with van der Waals surface area (Å²) in [6.07, 6.45) is 0. The summed E-state index contributed by atoms with van der Waals surface area (Å²) < 4.78 is 1.76. The van der Waals surface area contributed by atoms with E-state index in [4.69, 9.17) is 17.3 Å². The van der Waals surface area contributed by atoms with E-state index in [0.717, 1.165) is 17.2 Å². The van der Waals surface area contributed by atoms with E-state index >= 15 is 0 Å². The molecule has 0 spiro atoms. The number of nitrogen functional groups attached to an aromatic ring is 1. The number of rotatable bonds is 2. The molecule has 1 heterocycles. The van der Waals surface area contributed by atoms with Crippen molar-refractivity contribution >= 4 is 17.3 Å². The van der Waals surface area contributed by atoms with Gasteiger partial charge in [0.25, 0.3) is 0 Å². The molecule has 0 amide bonds. The van der Waals surface area contributed by atoms with Crippen molar-refractivity contribution in [2.45, 2.75) is 19.8 Å². The van der Waals surface area contributed by atoms with Gasteiger partial charge in [0.1, 0.15) is 0 Å². The number of nitrogens with zero attached hydrogens (tertiary/aromatic N) is 3. The molecule has 0 aliphatic carbocycles. The summed E-state index contributed by atoms with van der Waals surface area (Å²) in [6.45, 7) is 4.13. The topological polar surface area (TPSA) is 56.7 Å². The third-order valence-corrected chi connectivity index (χ3v) is 2.88. The van der Waals surface area contributed by atoms with E-state index in [1.807, 2.05) is 19.2 Å². The zero-order valence-corrected chi connectivity index (χ0v) is 10.9. The normalized spacial score (nSPS) is 11.1. The highest BCUT2D eigenvalue weighted by Gasteiger charge is 2.12. The molecular weight excluding hydrogens is 236 g/mol. The predicted molar refractivity (Wildman–Crippen MR) is 70.0 cm³/mol. The van der Waals surface area contributed by atoms with Gasteiger partial charge in [0.05, 0.1) is 10.7 Å². The van der Waals surface area contributed by atoms with Gasteiger partial charge in [0, 0.05) is 18.5 Å². The van der Waals surface area contributed by atoms with Gasteiger partial charge in [-0.2, -0.15) is 5.10 Å². The summed E-state index contributed by atoms with van der Waals surface area (Å²) >= 11 is 6.00. The highest BCUT2D eigenvalue weighted by atomic mass is 35.5. The number of hydrogen-bond donors (Lipinski definition) is 1. The van der Waals surface area contributed by atoms with Crippen LogP contribution in [0.25, 0.3) is 11.4 Å². The molecule has 1 aromatic carbocycles. The first-order chi connectivity index (χ1) is 7.99. The predicted octanol–water partition coefficient (Wildman–Crippen LogP) is 2.84. The Bertz CT molecular complexity index is 545. The van der Waals surface area contributed by atoms with Crippen LogP contribution in [0.15, 0.2) is 18.2 Å². The van der Waals surface area contributed by atoms with Gasteiger partial charge in [-0.1, -0.05) is 25.4 Å². The Hall–Kier alpha value is -1.55. The van der Waals surface area contributed by atoms with Crippen LogP contribution in [0, 0.1) is 0 Å². The first kappa shape index (κ1) is 11.9. The van der Waals surface area contributed by atoms with E-state index < -0.39 is 0 Å². The number of nitrogens with two attached hydrogens (primary N) is 1. The van der Waals surface area contributed by atoms with Crippen molar-refractivity contribution in [2.75, 3.05) is 5.73 Å². The minimum absolute atomic E-state index is 0.305. The van der Waals surface area contributed by atoms with Crippen molar-refractivity contribution in [2.24, 2.45) is 7.05 Å². The van der Waals surface area contributed by atoms with Crippen LogP contribution in [0.4, 0.5) is 5.69 Å². The van der Waals surface area contributed by atoms with Gasteiger partial charge in [-0.15, -0.1) is 0 Å². The SMILES string of the molecule is CC(C)c1nc(-c2ccc(N)c(Cl)c2)n(C)n1. The molecule has 0 aliphatic heterocycles. The van der Waals surface area contributed by atoms with Crippen molar-refractivity contribution in [3.63, 3.8) is 0 Å². The van der Waals surface area contributed by atoms with Gasteiger partial charge in [-0.05, 0) is 18.2 Å². The van der Waals surface area contributed by atoms with Crippen LogP contribution in [0.1, 0.15) is 25.6 Å². The second-order valence-corrected chi connectivity index (χ2v) is 4.72. The molecule has 0 fully saturated rings. The fourth-order valence-corrected chi connectivity index (χ4v) is 1.75. The summed E-state index contributed by atoms with van der Waals surface area (Å²) in [5, 5.41) is 4.91. The quantitative estimate of drug-likeness (QED) is 0.834. The standard InChI is InChI=1S/C12H15ClN4/c1-7(2)11-15-12(17(3)16-11)8-4-5-10(14)9(13)6-8/h4-7H,14H2,1-3H3. The molecule has 0 unspecified atom stereocenters. The maximum atomic E-state index is 6.00. The Kier molecular flexibility index (Phi) is 3.07. The number of anilines is 1. The Morgan fingerprint density at radius 1 is 1.35 bits per heavy atom. The van der Waals surface area contributed by atoms with E-state index in [0.29, 0.717) is 16.6 Å². The molecule has 0 bridgehead atoms. The lowest BCUT2D eigenvalue weighted by molar-refractivity contribution is 0.712. The Morgan fingerprint density at radius 3 is 2.59 bits per heavy atom. The number of aromatic nitrogens is 3. The van der Waals surface area contributed by atoms with Gasteiger partial charge >= 0.3 is 0 Å². The highest BCUT2D eigenvalue weighted by Crippen LogP contribution is 2.26. The maximum absolute atomic E-state index is 6.00. The van der Waals surface area contributed by atoms with Crippen LogP contribution >= 0.6 is 11.6 Å². The summed E-state index contributed by atoms with van der Waals surface area (Å²) in [6, 6.07) is 5.49. The molecule has 1 aromatic heterocycles. The fourth-order valence-electron chi connectivity index (χ4n) is 1.57. The molecule has 0 aliphatic rings. The average Bonchev–Trinajstić information content (AvgIpc) is 2.65. The largest absolute Gasteiger partial charge is 0.398 e. The zero-order chi connectivity index (χ0) is 12.6. The lowest BCUT2D eigenvalue weighted by Crippen LogP contribution is -1.96. The van der Waals surface area contributed by atoms with Gasteiger partial charge in [-0.25, -0.2) is 9.67 Å². The molecule has 0 radical (unpaired) electrons. The molecule has 0 saturated heterocycles. The molecule has 2 aromatic rings. The second kappa shape index (κ2) is 4.37. The van der Waals surface area contributed by atoms with E-state index in [1.54, 1.807) is 10.7 Å². The molecule has 2 rings (SSSR count). The summed E-state index contributed by atoms with van der Waals surface area (Å²) in [5.74, 6) is 1.94. The van der Waals surface area contributed by atoms with Gasteiger partial charge in [0.15, 0.2) is 11.6 Å². The van der Waals surface area contributed by atoms with Crippen molar-refractivity contribution in [1.29, 1.82) is 0 Å².